The topological polar surface area (TPSA) is 76.0 Å². The predicted octanol–water partition coefficient (Wildman–Crippen LogP) is 1.48. The molecule has 0 unspecified atom stereocenters. The Kier molecular flexibility index (Phi) is 2.74. The zero-order chi connectivity index (χ0) is 13.7. The first kappa shape index (κ1) is 12.7. The third kappa shape index (κ3) is 1.47. The summed E-state index contributed by atoms with van der Waals surface area (Å²) >= 11 is 0. The van der Waals surface area contributed by atoms with Gasteiger partial charge >= 0.3 is 5.97 Å². The van der Waals surface area contributed by atoms with Gasteiger partial charge in [-0.1, -0.05) is 0 Å². The van der Waals surface area contributed by atoms with Gasteiger partial charge in [0.1, 0.15) is 17.1 Å². The molecule has 2 N–H and O–H groups in total. The summed E-state index contributed by atoms with van der Waals surface area (Å²) in [5.41, 5.74) is 0.0342. The van der Waals surface area contributed by atoms with Gasteiger partial charge in [-0.2, -0.15) is 0 Å². The van der Waals surface area contributed by atoms with Gasteiger partial charge in [-0.3, -0.25) is 0 Å². The second-order valence-electron chi connectivity index (χ2n) is 4.65. The SMILES string of the molecule is COc1c(C)c(O)cc2c1C(=O)O[C@]2(C)[C@@H](C)O. The number of hydrogen-bond acceptors (Lipinski definition) is 5. The highest BCUT2D eigenvalue weighted by molar-refractivity contribution is 5.98. The van der Waals surface area contributed by atoms with Gasteiger partial charge in [0, 0.05) is 11.1 Å². The Morgan fingerprint density at radius 1 is 1.50 bits per heavy atom. The summed E-state index contributed by atoms with van der Waals surface area (Å²) in [6.07, 6.45) is -0.894. The van der Waals surface area contributed by atoms with E-state index in [1.165, 1.54) is 20.1 Å². The minimum absolute atomic E-state index is 0.00998. The zero-order valence-corrected chi connectivity index (χ0v) is 10.8. The highest BCUT2D eigenvalue weighted by Gasteiger charge is 2.47. The largest absolute Gasteiger partial charge is 0.508 e. The molecule has 0 fully saturated rings. The molecule has 0 amide bonds. The first-order chi connectivity index (χ1) is 8.32. The van der Waals surface area contributed by atoms with Crippen molar-refractivity contribution in [1.82, 2.24) is 0 Å². The number of aliphatic hydroxyl groups excluding tert-OH is 1. The molecule has 1 aliphatic heterocycles. The molecular formula is C13H16O5. The molecule has 0 saturated carbocycles. The quantitative estimate of drug-likeness (QED) is 0.780. The fourth-order valence-corrected chi connectivity index (χ4v) is 2.20. The molecule has 18 heavy (non-hydrogen) atoms. The molecule has 1 aliphatic rings. The van der Waals surface area contributed by atoms with E-state index in [4.69, 9.17) is 9.47 Å². The Bertz CT molecular complexity index is 521. The van der Waals surface area contributed by atoms with Crippen molar-refractivity contribution < 1.29 is 24.5 Å². The van der Waals surface area contributed by atoms with Gasteiger partial charge in [0.2, 0.25) is 0 Å². The van der Waals surface area contributed by atoms with E-state index < -0.39 is 17.7 Å². The molecule has 0 bridgehead atoms. The van der Waals surface area contributed by atoms with E-state index in [1.54, 1.807) is 13.8 Å². The number of aromatic hydroxyl groups is 1. The molecule has 0 saturated heterocycles. The van der Waals surface area contributed by atoms with Crippen LogP contribution in [0.2, 0.25) is 0 Å². The lowest BCUT2D eigenvalue weighted by Gasteiger charge is -2.27. The van der Waals surface area contributed by atoms with Gasteiger partial charge in [-0.05, 0) is 26.8 Å². The highest BCUT2D eigenvalue weighted by Crippen LogP contribution is 2.46. The van der Waals surface area contributed by atoms with Crippen LogP contribution in [0.1, 0.15) is 35.3 Å². The maximum absolute atomic E-state index is 11.9. The molecule has 2 rings (SSSR count). The number of ether oxygens (including phenoxy) is 2. The number of phenolic OH excluding ortho intramolecular Hbond substituents is 1. The van der Waals surface area contributed by atoms with Crippen LogP contribution >= 0.6 is 0 Å². The van der Waals surface area contributed by atoms with Crippen LogP contribution in [0, 0.1) is 6.92 Å². The summed E-state index contributed by atoms with van der Waals surface area (Å²) in [6, 6.07) is 1.45. The Labute approximate surface area is 105 Å². The zero-order valence-electron chi connectivity index (χ0n) is 10.8. The van der Waals surface area contributed by atoms with Crippen LogP contribution in [-0.2, 0) is 10.3 Å². The minimum atomic E-state index is -1.16. The number of carbonyl (C=O) groups excluding carboxylic acids is 1. The summed E-state index contributed by atoms with van der Waals surface area (Å²) in [7, 11) is 1.42. The lowest BCUT2D eigenvalue weighted by Crippen LogP contribution is -2.34. The molecule has 1 aromatic carbocycles. The smallest absolute Gasteiger partial charge is 0.343 e. The number of fused-ring (bicyclic) bond motifs is 1. The first-order valence-electron chi connectivity index (χ1n) is 5.65. The van der Waals surface area contributed by atoms with E-state index in [2.05, 4.69) is 0 Å². The molecule has 2 atom stereocenters. The summed E-state index contributed by atoms with van der Waals surface area (Å²) in [4.78, 5) is 11.9. The molecular weight excluding hydrogens is 236 g/mol. The highest BCUT2D eigenvalue weighted by atomic mass is 16.6. The van der Waals surface area contributed by atoms with Gasteiger partial charge in [-0.25, -0.2) is 4.79 Å². The van der Waals surface area contributed by atoms with Crippen LogP contribution in [0.5, 0.6) is 11.5 Å². The Balaban J connectivity index is 2.78. The van der Waals surface area contributed by atoms with Gasteiger partial charge in [-0.15, -0.1) is 0 Å². The van der Waals surface area contributed by atoms with Crippen molar-refractivity contribution in [2.45, 2.75) is 32.5 Å². The molecule has 5 nitrogen and oxygen atoms in total. The van der Waals surface area contributed by atoms with E-state index in [9.17, 15) is 15.0 Å². The molecule has 0 aromatic heterocycles. The second kappa shape index (κ2) is 3.88. The lowest BCUT2D eigenvalue weighted by molar-refractivity contribution is -0.0656. The Morgan fingerprint density at radius 3 is 2.61 bits per heavy atom. The van der Waals surface area contributed by atoms with E-state index in [0.29, 0.717) is 16.9 Å². The molecule has 0 spiro atoms. The number of esters is 1. The number of cyclic esters (lactones) is 1. The maximum Gasteiger partial charge on any atom is 0.343 e. The summed E-state index contributed by atoms with van der Waals surface area (Å²) in [6.45, 7) is 4.79. The van der Waals surface area contributed by atoms with Gasteiger partial charge in [0.05, 0.1) is 13.2 Å². The van der Waals surface area contributed by atoms with Crippen LogP contribution in [0.4, 0.5) is 0 Å². The van der Waals surface area contributed by atoms with E-state index >= 15 is 0 Å². The number of rotatable bonds is 2. The van der Waals surface area contributed by atoms with Crippen LogP contribution < -0.4 is 4.74 Å². The molecule has 98 valence electrons. The Hall–Kier alpha value is -1.75. The van der Waals surface area contributed by atoms with Gasteiger partial charge < -0.3 is 19.7 Å². The summed E-state index contributed by atoms with van der Waals surface area (Å²) in [5, 5.41) is 19.7. The van der Waals surface area contributed by atoms with Crippen molar-refractivity contribution in [3.8, 4) is 11.5 Å². The number of benzene rings is 1. The second-order valence-corrected chi connectivity index (χ2v) is 4.65. The molecule has 1 heterocycles. The average Bonchev–Trinajstić information content (AvgIpc) is 2.54. The first-order valence-corrected chi connectivity index (χ1v) is 5.65. The fourth-order valence-electron chi connectivity index (χ4n) is 2.20. The number of phenols is 1. The van der Waals surface area contributed by atoms with Crippen molar-refractivity contribution >= 4 is 5.97 Å². The molecule has 0 radical (unpaired) electrons. The number of carbonyl (C=O) groups is 1. The van der Waals surface area contributed by atoms with Crippen LogP contribution in [0.3, 0.4) is 0 Å². The van der Waals surface area contributed by atoms with Gasteiger partial charge in [0.15, 0.2) is 5.60 Å². The summed E-state index contributed by atoms with van der Waals surface area (Å²) in [5.74, 6) is -0.247. The maximum atomic E-state index is 11.9. The fraction of sp³-hybridized carbons (Fsp3) is 0.462. The number of methoxy groups -OCH3 is 1. The predicted molar refractivity (Wildman–Crippen MR) is 63.8 cm³/mol. The molecule has 0 aliphatic carbocycles. The van der Waals surface area contributed by atoms with Crippen molar-refractivity contribution in [1.29, 1.82) is 0 Å². The average molecular weight is 252 g/mol. The van der Waals surface area contributed by atoms with Gasteiger partial charge in [0.25, 0.3) is 0 Å². The van der Waals surface area contributed by atoms with Crippen molar-refractivity contribution in [2.24, 2.45) is 0 Å². The van der Waals surface area contributed by atoms with Crippen LogP contribution in [0.15, 0.2) is 6.07 Å². The standard InChI is InChI=1S/C13H16O5/c1-6-9(15)5-8-10(11(6)17-4)12(16)18-13(8,3)7(2)14/h5,7,14-15H,1-4H3/t7-,13-/m1/s1. The monoisotopic (exact) mass is 252 g/mol. The van der Waals surface area contributed by atoms with E-state index in [0.717, 1.165) is 0 Å². The van der Waals surface area contributed by atoms with Crippen LogP contribution in [0.25, 0.3) is 0 Å². The third-order valence-corrected chi connectivity index (χ3v) is 3.55. The van der Waals surface area contributed by atoms with E-state index in [1.807, 2.05) is 0 Å². The number of aliphatic hydroxyl groups is 1. The lowest BCUT2D eigenvalue weighted by atomic mass is 9.88. The third-order valence-electron chi connectivity index (χ3n) is 3.55. The molecule has 5 heteroatoms. The summed E-state index contributed by atoms with van der Waals surface area (Å²) < 4.78 is 10.4. The Morgan fingerprint density at radius 2 is 2.11 bits per heavy atom. The van der Waals surface area contributed by atoms with Crippen LogP contribution in [-0.4, -0.2) is 29.4 Å². The minimum Gasteiger partial charge on any atom is -0.508 e. The normalized spacial score (nSPS) is 23.5. The van der Waals surface area contributed by atoms with Crippen molar-refractivity contribution in [2.75, 3.05) is 7.11 Å². The van der Waals surface area contributed by atoms with Crippen molar-refractivity contribution in [3.63, 3.8) is 0 Å². The van der Waals surface area contributed by atoms with Crippen molar-refractivity contribution in [3.05, 3.63) is 22.8 Å². The molecule has 1 aromatic rings. The van der Waals surface area contributed by atoms with E-state index in [-0.39, 0.29) is 11.3 Å². The number of hydrogen-bond donors (Lipinski definition) is 2.